The summed E-state index contributed by atoms with van der Waals surface area (Å²) in [5, 5.41) is 0. The van der Waals surface area contributed by atoms with Crippen LogP contribution in [0.15, 0.2) is 48.5 Å². The first-order valence-electron chi connectivity index (χ1n) is 6.17. The van der Waals surface area contributed by atoms with Crippen LogP contribution < -0.4 is 10.6 Å². The molecule has 0 fully saturated rings. The van der Waals surface area contributed by atoms with Gasteiger partial charge in [-0.3, -0.25) is 4.57 Å². The maximum Gasteiger partial charge on any atom is 0.205 e. The number of hydrogen-bond donors (Lipinski definition) is 1. The van der Waals surface area contributed by atoms with Gasteiger partial charge in [0.05, 0.1) is 16.7 Å². The first-order chi connectivity index (χ1) is 9.16. The zero-order valence-corrected chi connectivity index (χ0v) is 11.0. The van der Waals surface area contributed by atoms with Gasteiger partial charge in [0.2, 0.25) is 5.95 Å². The molecule has 0 aliphatic heterocycles. The fourth-order valence-corrected chi connectivity index (χ4v) is 2.23. The molecule has 0 aliphatic rings. The molecule has 0 spiro atoms. The van der Waals surface area contributed by atoms with Gasteiger partial charge in [0.1, 0.15) is 0 Å². The zero-order chi connectivity index (χ0) is 13.4. The van der Waals surface area contributed by atoms with Crippen molar-refractivity contribution in [2.45, 2.75) is 0 Å². The minimum atomic E-state index is 0.511. The number of imidazole rings is 1. The average molecular weight is 252 g/mol. The summed E-state index contributed by atoms with van der Waals surface area (Å²) < 4.78 is 1.97. The molecular weight excluding hydrogens is 236 g/mol. The molecule has 0 unspecified atom stereocenters. The molecule has 3 aromatic rings. The number of aromatic nitrogens is 2. The summed E-state index contributed by atoms with van der Waals surface area (Å²) in [4.78, 5) is 6.46. The summed E-state index contributed by atoms with van der Waals surface area (Å²) in [6.45, 7) is 0. The lowest BCUT2D eigenvalue weighted by molar-refractivity contribution is 1.09. The standard InChI is InChI=1S/C15H16N4/c1-18(2)11-6-5-7-12(10-11)19-14-9-4-3-8-13(14)17-15(19)16/h3-10H,1-2H3,(H2,16,17). The van der Waals surface area contributed by atoms with E-state index in [0.29, 0.717) is 5.95 Å². The predicted octanol–water partition coefficient (Wildman–Crippen LogP) is 2.67. The van der Waals surface area contributed by atoms with Crippen molar-refractivity contribution in [2.24, 2.45) is 0 Å². The predicted molar refractivity (Wildman–Crippen MR) is 79.8 cm³/mol. The second kappa shape index (κ2) is 4.31. The fourth-order valence-electron chi connectivity index (χ4n) is 2.23. The van der Waals surface area contributed by atoms with Crippen molar-refractivity contribution in [3.63, 3.8) is 0 Å². The van der Waals surface area contributed by atoms with Crippen LogP contribution in [0.25, 0.3) is 16.7 Å². The molecule has 0 amide bonds. The van der Waals surface area contributed by atoms with Gasteiger partial charge in [-0.25, -0.2) is 4.98 Å². The summed E-state index contributed by atoms with van der Waals surface area (Å²) in [7, 11) is 4.04. The van der Waals surface area contributed by atoms with E-state index in [1.807, 2.05) is 55.1 Å². The molecule has 1 aromatic heterocycles. The third-order valence-corrected chi connectivity index (χ3v) is 3.19. The van der Waals surface area contributed by atoms with Crippen LogP contribution in [0, 0.1) is 0 Å². The van der Waals surface area contributed by atoms with Gasteiger partial charge < -0.3 is 10.6 Å². The van der Waals surface area contributed by atoms with Crippen LogP contribution in [0.3, 0.4) is 0 Å². The van der Waals surface area contributed by atoms with Crippen molar-refractivity contribution in [1.29, 1.82) is 0 Å². The minimum absolute atomic E-state index is 0.511. The second-order valence-electron chi connectivity index (χ2n) is 4.71. The monoisotopic (exact) mass is 252 g/mol. The normalized spacial score (nSPS) is 10.8. The molecule has 96 valence electrons. The molecule has 3 rings (SSSR count). The van der Waals surface area contributed by atoms with Crippen molar-refractivity contribution in [3.8, 4) is 5.69 Å². The maximum absolute atomic E-state index is 6.05. The molecule has 0 radical (unpaired) electrons. The van der Waals surface area contributed by atoms with Crippen molar-refractivity contribution in [2.75, 3.05) is 24.7 Å². The third kappa shape index (κ3) is 1.91. The maximum atomic E-state index is 6.05. The Morgan fingerprint density at radius 2 is 1.84 bits per heavy atom. The molecule has 1 heterocycles. The van der Waals surface area contributed by atoms with Crippen molar-refractivity contribution in [3.05, 3.63) is 48.5 Å². The number of hydrogen-bond acceptors (Lipinski definition) is 3. The molecule has 0 atom stereocenters. The number of anilines is 2. The Kier molecular flexibility index (Phi) is 2.63. The van der Waals surface area contributed by atoms with Gasteiger partial charge in [0.15, 0.2) is 0 Å². The van der Waals surface area contributed by atoms with Gasteiger partial charge in [-0.05, 0) is 30.3 Å². The van der Waals surface area contributed by atoms with Crippen molar-refractivity contribution in [1.82, 2.24) is 9.55 Å². The van der Waals surface area contributed by atoms with E-state index in [1.165, 1.54) is 0 Å². The minimum Gasteiger partial charge on any atom is -0.378 e. The number of benzene rings is 2. The molecule has 0 bridgehead atoms. The first-order valence-corrected chi connectivity index (χ1v) is 6.17. The summed E-state index contributed by atoms with van der Waals surface area (Å²) in [6.07, 6.45) is 0. The molecule has 4 nitrogen and oxygen atoms in total. The SMILES string of the molecule is CN(C)c1cccc(-n2c(N)nc3ccccc32)c1. The van der Waals surface area contributed by atoms with E-state index in [-0.39, 0.29) is 0 Å². The van der Waals surface area contributed by atoms with Gasteiger partial charge in [-0.1, -0.05) is 18.2 Å². The van der Waals surface area contributed by atoms with E-state index in [9.17, 15) is 0 Å². The highest BCUT2D eigenvalue weighted by molar-refractivity contribution is 5.81. The van der Waals surface area contributed by atoms with Crippen LogP contribution >= 0.6 is 0 Å². The first kappa shape index (κ1) is 11.6. The molecule has 19 heavy (non-hydrogen) atoms. The Morgan fingerprint density at radius 3 is 2.63 bits per heavy atom. The lowest BCUT2D eigenvalue weighted by Gasteiger charge is -2.14. The molecule has 0 saturated carbocycles. The molecule has 4 heteroatoms. The Balaban J connectivity index is 2.24. The van der Waals surface area contributed by atoms with E-state index in [2.05, 4.69) is 22.0 Å². The Labute approximate surface area is 112 Å². The summed E-state index contributed by atoms with van der Waals surface area (Å²) >= 11 is 0. The van der Waals surface area contributed by atoms with E-state index in [0.717, 1.165) is 22.4 Å². The average Bonchev–Trinajstić information content (AvgIpc) is 2.74. The lowest BCUT2D eigenvalue weighted by atomic mass is 10.2. The highest BCUT2D eigenvalue weighted by Gasteiger charge is 2.09. The highest BCUT2D eigenvalue weighted by Crippen LogP contribution is 2.25. The quantitative estimate of drug-likeness (QED) is 0.762. The van der Waals surface area contributed by atoms with E-state index < -0.39 is 0 Å². The van der Waals surface area contributed by atoms with Crippen LogP contribution in [-0.4, -0.2) is 23.6 Å². The summed E-state index contributed by atoms with van der Waals surface area (Å²) in [6, 6.07) is 16.2. The van der Waals surface area contributed by atoms with Crippen LogP contribution in [0.1, 0.15) is 0 Å². The highest BCUT2D eigenvalue weighted by atomic mass is 15.2. The van der Waals surface area contributed by atoms with E-state index in [4.69, 9.17) is 5.73 Å². The number of nitrogen functional groups attached to an aromatic ring is 1. The Morgan fingerprint density at radius 1 is 1.05 bits per heavy atom. The largest absolute Gasteiger partial charge is 0.378 e. The van der Waals surface area contributed by atoms with Crippen molar-refractivity contribution < 1.29 is 0 Å². The number of nitrogens with two attached hydrogens (primary N) is 1. The van der Waals surface area contributed by atoms with Crippen LogP contribution in [0.4, 0.5) is 11.6 Å². The van der Waals surface area contributed by atoms with Crippen molar-refractivity contribution >= 4 is 22.7 Å². The molecule has 0 aliphatic carbocycles. The summed E-state index contributed by atoms with van der Waals surface area (Å²) in [5.74, 6) is 0.511. The van der Waals surface area contributed by atoms with Gasteiger partial charge >= 0.3 is 0 Å². The zero-order valence-electron chi connectivity index (χ0n) is 11.0. The second-order valence-corrected chi connectivity index (χ2v) is 4.71. The topological polar surface area (TPSA) is 47.1 Å². The van der Waals surface area contributed by atoms with E-state index in [1.54, 1.807) is 0 Å². The number of rotatable bonds is 2. The number of nitrogens with zero attached hydrogens (tertiary/aromatic N) is 3. The third-order valence-electron chi connectivity index (χ3n) is 3.19. The van der Waals surface area contributed by atoms with Gasteiger partial charge in [-0.15, -0.1) is 0 Å². The smallest absolute Gasteiger partial charge is 0.205 e. The molecule has 0 saturated heterocycles. The Bertz CT molecular complexity index is 728. The fraction of sp³-hybridized carbons (Fsp3) is 0.133. The van der Waals surface area contributed by atoms with Gasteiger partial charge in [0, 0.05) is 19.8 Å². The Hall–Kier alpha value is -2.49. The van der Waals surface area contributed by atoms with E-state index >= 15 is 0 Å². The van der Waals surface area contributed by atoms with Crippen LogP contribution in [-0.2, 0) is 0 Å². The lowest BCUT2D eigenvalue weighted by Crippen LogP contribution is -2.09. The molecule has 2 aromatic carbocycles. The van der Waals surface area contributed by atoms with Crippen LogP contribution in [0.2, 0.25) is 0 Å². The molecule has 2 N–H and O–H groups in total. The number of fused-ring (bicyclic) bond motifs is 1. The molecular formula is C15H16N4. The number of para-hydroxylation sites is 2. The van der Waals surface area contributed by atoms with Gasteiger partial charge in [0.25, 0.3) is 0 Å². The van der Waals surface area contributed by atoms with Gasteiger partial charge in [-0.2, -0.15) is 0 Å². The van der Waals surface area contributed by atoms with Crippen LogP contribution in [0.5, 0.6) is 0 Å². The summed E-state index contributed by atoms with van der Waals surface area (Å²) in [5.41, 5.74) is 10.1.